The number of halogens is 1. The molecule has 3 amide bonds. The van der Waals surface area contributed by atoms with Crippen molar-refractivity contribution >= 4 is 35.3 Å². The number of carbonyl (C=O) groups excluding carboxylic acids is 2. The number of aromatic nitrogens is 2. The quantitative estimate of drug-likeness (QED) is 0.196. The molecule has 2 aliphatic rings. The monoisotopic (exact) mass is 613 g/mol. The minimum absolute atomic E-state index is 0.109. The molecule has 0 N–H and O–H groups in total. The van der Waals surface area contributed by atoms with Crippen LogP contribution in [0.1, 0.15) is 33.6 Å². The van der Waals surface area contributed by atoms with E-state index in [0.29, 0.717) is 54.4 Å². The van der Waals surface area contributed by atoms with E-state index in [1.807, 2.05) is 24.3 Å². The van der Waals surface area contributed by atoms with Crippen molar-refractivity contribution in [2.75, 3.05) is 45.1 Å². The first-order chi connectivity index (χ1) is 20.1. The fourth-order valence-corrected chi connectivity index (χ4v) is 5.98. The van der Waals surface area contributed by atoms with Crippen molar-refractivity contribution in [2.24, 2.45) is 5.92 Å². The van der Waals surface area contributed by atoms with Crippen molar-refractivity contribution in [2.45, 2.75) is 44.7 Å². The highest BCUT2D eigenvalue weighted by Crippen LogP contribution is 2.37. The molecule has 0 aliphatic carbocycles. The number of hydrogen-bond donors (Lipinski definition) is 0. The molecule has 10 nitrogen and oxygen atoms in total. The number of hydrogen-bond acceptors (Lipinski definition) is 9. The SMILES string of the molecule is CC(C)CSc1ccccc1Oc1ccc(-c2noc(CN3C(=O)N(CCN4CCOCC4)C(C)(C)C3=O)n2)cc1Cl. The molecule has 0 unspecified atom stereocenters. The highest BCUT2D eigenvalue weighted by molar-refractivity contribution is 7.99. The molecule has 12 heteroatoms. The number of rotatable bonds is 11. The van der Waals surface area contributed by atoms with E-state index in [0.717, 1.165) is 29.5 Å². The number of morpholine rings is 1. The van der Waals surface area contributed by atoms with Crippen LogP contribution in [0.5, 0.6) is 11.5 Å². The molecule has 0 atom stereocenters. The van der Waals surface area contributed by atoms with Gasteiger partial charge in [-0.3, -0.25) is 14.6 Å². The lowest BCUT2D eigenvalue weighted by Gasteiger charge is -2.32. The molecule has 3 aromatic rings. The molecular weight excluding hydrogens is 578 g/mol. The van der Waals surface area contributed by atoms with E-state index < -0.39 is 5.54 Å². The summed E-state index contributed by atoms with van der Waals surface area (Å²) in [6, 6.07) is 12.8. The fourth-order valence-electron chi connectivity index (χ4n) is 4.82. The maximum Gasteiger partial charge on any atom is 0.328 e. The minimum Gasteiger partial charge on any atom is -0.455 e. The van der Waals surface area contributed by atoms with Gasteiger partial charge in [0.15, 0.2) is 0 Å². The number of benzene rings is 2. The van der Waals surface area contributed by atoms with Crippen molar-refractivity contribution in [1.29, 1.82) is 0 Å². The fraction of sp³-hybridized carbons (Fsp3) is 0.467. The Balaban J connectivity index is 1.25. The molecular formula is C30H36ClN5O5S. The largest absolute Gasteiger partial charge is 0.455 e. The molecule has 5 rings (SSSR count). The first kappa shape index (κ1) is 30.3. The second kappa shape index (κ2) is 13.0. The summed E-state index contributed by atoms with van der Waals surface area (Å²) in [4.78, 5) is 37.0. The van der Waals surface area contributed by atoms with Crippen LogP contribution in [0.2, 0.25) is 5.02 Å². The van der Waals surface area contributed by atoms with E-state index in [4.69, 9.17) is 25.6 Å². The number of imide groups is 1. The molecule has 2 saturated heterocycles. The maximum absolute atomic E-state index is 13.3. The van der Waals surface area contributed by atoms with E-state index >= 15 is 0 Å². The third kappa shape index (κ3) is 6.75. The summed E-state index contributed by atoms with van der Waals surface area (Å²) in [6.07, 6.45) is 0. The van der Waals surface area contributed by atoms with Crippen LogP contribution in [0.4, 0.5) is 4.79 Å². The van der Waals surface area contributed by atoms with Gasteiger partial charge in [-0.05, 0) is 50.1 Å². The number of thioether (sulfide) groups is 1. The van der Waals surface area contributed by atoms with E-state index in [-0.39, 0.29) is 24.4 Å². The summed E-state index contributed by atoms with van der Waals surface area (Å²) in [5, 5.41) is 4.46. The van der Waals surface area contributed by atoms with Gasteiger partial charge >= 0.3 is 6.03 Å². The lowest BCUT2D eigenvalue weighted by atomic mass is 10.0. The van der Waals surface area contributed by atoms with Crippen LogP contribution in [0, 0.1) is 5.92 Å². The van der Waals surface area contributed by atoms with Crippen molar-refractivity contribution in [3.05, 3.63) is 53.4 Å². The van der Waals surface area contributed by atoms with Crippen LogP contribution in [0.15, 0.2) is 51.9 Å². The predicted octanol–water partition coefficient (Wildman–Crippen LogP) is 5.81. The van der Waals surface area contributed by atoms with Crippen LogP contribution >= 0.6 is 23.4 Å². The Morgan fingerprint density at radius 1 is 1.07 bits per heavy atom. The van der Waals surface area contributed by atoms with Gasteiger partial charge in [0.05, 0.1) is 23.1 Å². The van der Waals surface area contributed by atoms with Gasteiger partial charge in [0.1, 0.15) is 23.6 Å². The topological polar surface area (TPSA) is 101 Å². The average Bonchev–Trinajstić information content (AvgIpc) is 3.50. The second-order valence-electron chi connectivity index (χ2n) is 11.2. The standard InChI is InChI=1S/C30H36ClN5O5S/c1-20(2)19-42-25-8-6-5-7-24(25)40-23-10-9-21(17-22(23)31)27-32-26(41-33-27)18-35-28(37)30(3,4)36(29(35)38)12-11-34-13-15-39-16-14-34/h5-10,17,20H,11-16,18-19H2,1-4H3. The number of ether oxygens (including phenoxy) is 2. The third-order valence-electron chi connectivity index (χ3n) is 7.24. The van der Waals surface area contributed by atoms with Crippen LogP contribution < -0.4 is 4.74 Å². The second-order valence-corrected chi connectivity index (χ2v) is 12.7. The molecule has 0 saturated carbocycles. The minimum atomic E-state index is -0.971. The van der Waals surface area contributed by atoms with Gasteiger partial charge in [0.2, 0.25) is 11.7 Å². The van der Waals surface area contributed by atoms with Gasteiger partial charge in [-0.1, -0.05) is 42.7 Å². The molecule has 1 aromatic heterocycles. The molecule has 42 heavy (non-hydrogen) atoms. The molecule has 0 bridgehead atoms. The Kier molecular flexibility index (Phi) is 9.41. The summed E-state index contributed by atoms with van der Waals surface area (Å²) in [5.74, 6) is 2.94. The Morgan fingerprint density at radius 3 is 2.57 bits per heavy atom. The molecule has 2 aliphatic heterocycles. The first-order valence-corrected chi connectivity index (χ1v) is 15.5. The number of para-hydroxylation sites is 1. The number of urea groups is 1. The van der Waals surface area contributed by atoms with Gasteiger partial charge in [-0.2, -0.15) is 4.98 Å². The number of carbonyl (C=O) groups is 2. The normalized spacial score (nSPS) is 17.5. The van der Waals surface area contributed by atoms with Crippen molar-refractivity contribution in [3.63, 3.8) is 0 Å². The predicted molar refractivity (Wildman–Crippen MR) is 161 cm³/mol. The highest BCUT2D eigenvalue weighted by atomic mass is 35.5. The maximum atomic E-state index is 13.3. The lowest BCUT2D eigenvalue weighted by Crippen LogP contribution is -2.48. The van der Waals surface area contributed by atoms with Crippen molar-refractivity contribution < 1.29 is 23.6 Å². The number of nitrogens with zero attached hydrogens (tertiary/aromatic N) is 5. The van der Waals surface area contributed by atoms with Crippen LogP contribution in [0.25, 0.3) is 11.4 Å². The Morgan fingerprint density at radius 2 is 1.83 bits per heavy atom. The van der Waals surface area contributed by atoms with Gasteiger partial charge in [-0.15, -0.1) is 11.8 Å². The molecule has 2 fully saturated rings. The summed E-state index contributed by atoms with van der Waals surface area (Å²) >= 11 is 8.34. The molecule has 0 radical (unpaired) electrons. The molecule has 224 valence electrons. The van der Waals surface area contributed by atoms with Crippen LogP contribution in [-0.2, 0) is 16.1 Å². The summed E-state index contributed by atoms with van der Waals surface area (Å²) < 4.78 is 17.0. The zero-order valence-electron chi connectivity index (χ0n) is 24.3. The number of amides is 3. The smallest absolute Gasteiger partial charge is 0.328 e. The van der Waals surface area contributed by atoms with Crippen LogP contribution in [-0.4, -0.2) is 87.5 Å². The summed E-state index contributed by atoms with van der Waals surface area (Å²) in [7, 11) is 0. The van der Waals surface area contributed by atoms with E-state index in [1.165, 1.54) is 4.90 Å². The third-order valence-corrected chi connectivity index (χ3v) is 9.02. The highest BCUT2D eigenvalue weighted by Gasteiger charge is 2.51. The lowest BCUT2D eigenvalue weighted by molar-refractivity contribution is -0.132. The molecule has 2 aromatic carbocycles. The summed E-state index contributed by atoms with van der Waals surface area (Å²) in [5.41, 5.74) is -0.349. The van der Waals surface area contributed by atoms with Crippen LogP contribution in [0.3, 0.4) is 0 Å². The summed E-state index contributed by atoms with van der Waals surface area (Å²) in [6.45, 7) is 11.9. The average molecular weight is 614 g/mol. The van der Waals surface area contributed by atoms with E-state index in [9.17, 15) is 9.59 Å². The van der Waals surface area contributed by atoms with E-state index in [1.54, 1.807) is 48.7 Å². The molecule has 3 heterocycles. The van der Waals surface area contributed by atoms with Crippen molar-refractivity contribution in [3.8, 4) is 22.9 Å². The van der Waals surface area contributed by atoms with E-state index in [2.05, 4.69) is 28.9 Å². The van der Waals surface area contributed by atoms with Gasteiger partial charge in [0.25, 0.3) is 5.91 Å². The first-order valence-electron chi connectivity index (χ1n) is 14.1. The Labute approximate surface area is 255 Å². The van der Waals surface area contributed by atoms with Crippen molar-refractivity contribution in [1.82, 2.24) is 24.8 Å². The zero-order chi connectivity index (χ0) is 29.9. The zero-order valence-corrected chi connectivity index (χ0v) is 25.9. The molecule has 0 spiro atoms. The van der Waals surface area contributed by atoms with Gasteiger partial charge in [-0.25, -0.2) is 4.79 Å². The Hall–Kier alpha value is -3.12. The Bertz CT molecular complexity index is 1420. The van der Waals surface area contributed by atoms with Gasteiger partial charge in [0, 0.05) is 37.5 Å². The van der Waals surface area contributed by atoms with Gasteiger partial charge < -0.3 is 18.9 Å².